The van der Waals surface area contributed by atoms with Crippen molar-refractivity contribution in [2.24, 2.45) is 5.92 Å². The van der Waals surface area contributed by atoms with Gasteiger partial charge in [-0.05, 0) is 78.3 Å². The van der Waals surface area contributed by atoms with Gasteiger partial charge >= 0.3 is 6.09 Å². The van der Waals surface area contributed by atoms with E-state index in [1.807, 2.05) is 45.7 Å². The molecule has 0 spiro atoms. The summed E-state index contributed by atoms with van der Waals surface area (Å²) in [4.78, 5) is 19.9. The van der Waals surface area contributed by atoms with E-state index in [4.69, 9.17) is 32.9 Å². The molecule has 0 radical (unpaired) electrons. The SMILES string of the molecule is CN[C@H](C)c1cc2c(C)nc3c(F)c(-c4cccc(Cl)c4Cl)c(CCC#N)cc3c2n1[C@H]1[C@@H]2C[C@H]1N(C(=O)OC(C)(C)C)C2. The molecule has 4 heterocycles. The number of carbonyl (C=O) groups is 1. The summed E-state index contributed by atoms with van der Waals surface area (Å²) in [6, 6.07) is 11.4. The number of benzene rings is 2. The molecule has 44 heavy (non-hydrogen) atoms. The van der Waals surface area contributed by atoms with E-state index in [9.17, 15) is 10.1 Å². The molecule has 2 aromatic heterocycles. The Balaban J connectivity index is 1.62. The number of ether oxygens (including phenoxy) is 1. The summed E-state index contributed by atoms with van der Waals surface area (Å²) in [6.07, 6.45) is 1.12. The lowest BCUT2D eigenvalue weighted by atomic mass is 9.79. The maximum absolute atomic E-state index is 16.9. The van der Waals surface area contributed by atoms with Crippen molar-refractivity contribution in [2.45, 2.75) is 77.6 Å². The number of nitrogens with one attached hydrogen (secondary N) is 1. The lowest BCUT2D eigenvalue weighted by Crippen LogP contribution is -2.44. The first kappa shape index (κ1) is 30.6. The summed E-state index contributed by atoms with van der Waals surface area (Å²) in [6.45, 7) is 10.2. The number of fused-ring (bicyclic) bond motifs is 4. The van der Waals surface area contributed by atoms with Crippen LogP contribution in [0.15, 0.2) is 30.3 Å². The average Bonchev–Trinajstić information content (AvgIpc) is 3.67. The smallest absolute Gasteiger partial charge is 0.410 e. The number of nitrogens with zero attached hydrogens (tertiary/aromatic N) is 4. The fraction of sp³-hybridized carbons (Fsp3) is 0.441. The van der Waals surface area contributed by atoms with Crippen LogP contribution in [0.1, 0.15) is 69.6 Å². The van der Waals surface area contributed by atoms with Crippen LogP contribution in [0.25, 0.3) is 32.9 Å². The predicted octanol–water partition coefficient (Wildman–Crippen LogP) is 8.53. The fourth-order valence-corrected chi connectivity index (χ4v) is 7.38. The van der Waals surface area contributed by atoms with Crippen molar-refractivity contribution >= 4 is 51.1 Å². The second-order valence-corrected chi connectivity index (χ2v) is 13.8. The molecular weight excluding hydrogens is 600 g/mol. The van der Waals surface area contributed by atoms with Crippen molar-refractivity contribution in [3.05, 3.63) is 63.1 Å². The van der Waals surface area contributed by atoms with Crippen LogP contribution < -0.4 is 5.32 Å². The Morgan fingerprint density at radius 3 is 2.70 bits per heavy atom. The molecule has 10 heteroatoms. The first-order valence-corrected chi connectivity index (χ1v) is 15.8. The van der Waals surface area contributed by atoms with Crippen LogP contribution in [0, 0.1) is 30.0 Å². The molecule has 1 aliphatic carbocycles. The zero-order valence-electron chi connectivity index (χ0n) is 25.8. The Hall–Kier alpha value is -3.38. The topological polar surface area (TPSA) is 83.2 Å². The number of nitriles is 1. The minimum atomic E-state index is -0.592. The van der Waals surface area contributed by atoms with Crippen molar-refractivity contribution in [3.8, 4) is 17.2 Å². The van der Waals surface area contributed by atoms with Gasteiger partial charge in [-0.1, -0.05) is 35.3 Å². The van der Waals surface area contributed by atoms with Gasteiger partial charge in [-0.25, -0.2) is 14.2 Å². The molecule has 230 valence electrons. The number of halogens is 3. The van der Waals surface area contributed by atoms with E-state index >= 15 is 4.39 Å². The predicted molar refractivity (Wildman–Crippen MR) is 173 cm³/mol. The van der Waals surface area contributed by atoms with Gasteiger partial charge in [0.1, 0.15) is 11.1 Å². The maximum atomic E-state index is 16.9. The number of carbonyl (C=O) groups excluding carboxylic acids is 1. The van der Waals surface area contributed by atoms with E-state index in [1.54, 1.807) is 18.2 Å². The van der Waals surface area contributed by atoms with Gasteiger partial charge in [0.15, 0.2) is 5.82 Å². The van der Waals surface area contributed by atoms with E-state index < -0.39 is 11.4 Å². The number of hydrogen-bond acceptors (Lipinski definition) is 5. The quantitative estimate of drug-likeness (QED) is 0.229. The molecule has 2 aliphatic heterocycles. The Morgan fingerprint density at radius 2 is 2.02 bits per heavy atom. The van der Waals surface area contributed by atoms with Crippen molar-refractivity contribution in [3.63, 3.8) is 0 Å². The fourth-order valence-electron chi connectivity index (χ4n) is 6.99. The number of pyridine rings is 1. The van der Waals surface area contributed by atoms with Crippen molar-refractivity contribution in [2.75, 3.05) is 13.6 Å². The number of hydrogen-bond donors (Lipinski definition) is 1. The molecule has 7 rings (SSSR count). The molecule has 1 saturated carbocycles. The lowest BCUT2D eigenvalue weighted by Gasteiger charge is -2.40. The van der Waals surface area contributed by atoms with Crippen LogP contribution in [-0.4, -0.2) is 45.8 Å². The minimum absolute atomic E-state index is 0.00323. The van der Waals surface area contributed by atoms with E-state index in [2.05, 4.69) is 28.9 Å². The second kappa shape index (κ2) is 11.2. The van der Waals surface area contributed by atoms with Crippen LogP contribution in [0.2, 0.25) is 10.0 Å². The van der Waals surface area contributed by atoms with Gasteiger partial charge in [-0.2, -0.15) is 5.26 Å². The number of aryl methyl sites for hydroxylation is 2. The molecule has 4 atom stereocenters. The van der Waals surface area contributed by atoms with Crippen LogP contribution >= 0.6 is 23.2 Å². The monoisotopic (exact) mass is 635 g/mol. The van der Waals surface area contributed by atoms with E-state index in [0.29, 0.717) is 45.8 Å². The molecule has 3 fully saturated rings. The van der Waals surface area contributed by atoms with Gasteiger partial charge in [0.2, 0.25) is 0 Å². The summed E-state index contributed by atoms with van der Waals surface area (Å²) in [5.41, 5.74) is 3.73. The standard InChI is InChI=1S/C34H36Cl2FN5O2/c1-17-22-15-25(18(2)39-6)42(31-20-14-26(31)41(16-20)33(43)44-34(3,4)5)32(22)23-13-19(9-8-12-38)27(29(37)30(23)40-17)21-10-7-11-24(35)28(21)36/h7,10-11,13,15,18,20,26,31,39H,8-9,14,16H2,1-6H3/t18-,20-,26-,31+/m1/s1. The summed E-state index contributed by atoms with van der Waals surface area (Å²) in [7, 11) is 1.92. The van der Waals surface area contributed by atoms with Gasteiger partial charge in [-0.15, -0.1) is 0 Å². The summed E-state index contributed by atoms with van der Waals surface area (Å²) >= 11 is 13.0. The molecule has 2 aromatic carbocycles. The largest absolute Gasteiger partial charge is 0.444 e. The molecule has 2 saturated heterocycles. The molecule has 1 N–H and O–H groups in total. The third-order valence-electron chi connectivity index (χ3n) is 9.10. The first-order chi connectivity index (χ1) is 20.9. The highest BCUT2D eigenvalue weighted by atomic mass is 35.5. The normalized spacial score (nSPS) is 20.2. The highest BCUT2D eigenvalue weighted by Crippen LogP contribution is 2.53. The van der Waals surface area contributed by atoms with Crippen LogP contribution in [0.3, 0.4) is 0 Å². The summed E-state index contributed by atoms with van der Waals surface area (Å²) in [5.74, 6) is -0.255. The van der Waals surface area contributed by atoms with Crippen molar-refractivity contribution in [1.82, 2.24) is 19.8 Å². The van der Waals surface area contributed by atoms with Crippen LogP contribution in [0.5, 0.6) is 0 Å². The van der Waals surface area contributed by atoms with E-state index in [-0.39, 0.29) is 47.1 Å². The Bertz CT molecular complexity index is 1860. The maximum Gasteiger partial charge on any atom is 0.410 e. The molecular formula is C34H36Cl2FN5O2. The van der Waals surface area contributed by atoms with Crippen molar-refractivity contribution < 1.29 is 13.9 Å². The molecule has 0 unspecified atom stereocenters. The Labute approximate surface area is 266 Å². The number of amides is 1. The third-order valence-corrected chi connectivity index (χ3v) is 9.91. The lowest BCUT2D eigenvalue weighted by molar-refractivity contribution is 0.0209. The number of aromatic nitrogens is 2. The molecule has 2 bridgehead atoms. The molecule has 1 amide bonds. The minimum Gasteiger partial charge on any atom is -0.444 e. The van der Waals surface area contributed by atoms with Gasteiger partial charge in [-0.3, -0.25) is 0 Å². The van der Waals surface area contributed by atoms with Crippen LogP contribution in [0.4, 0.5) is 9.18 Å². The molecule has 4 aromatic rings. The second-order valence-electron chi connectivity index (χ2n) is 13.0. The van der Waals surface area contributed by atoms with Gasteiger partial charge < -0.3 is 19.5 Å². The van der Waals surface area contributed by atoms with E-state index in [1.165, 1.54) is 0 Å². The van der Waals surface area contributed by atoms with Crippen molar-refractivity contribution in [1.29, 1.82) is 5.26 Å². The van der Waals surface area contributed by atoms with E-state index in [0.717, 1.165) is 23.0 Å². The highest BCUT2D eigenvalue weighted by Gasteiger charge is 2.56. The Kier molecular flexibility index (Phi) is 7.80. The molecule has 7 nitrogen and oxygen atoms in total. The number of rotatable bonds is 6. The average molecular weight is 637 g/mol. The van der Waals surface area contributed by atoms with Crippen LogP contribution in [-0.2, 0) is 11.2 Å². The third kappa shape index (κ3) is 4.90. The zero-order valence-corrected chi connectivity index (χ0v) is 27.3. The molecule has 3 aliphatic rings. The zero-order chi connectivity index (χ0) is 31.7. The summed E-state index contributed by atoms with van der Waals surface area (Å²) in [5, 5.41) is 15.0. The van der Waals surface area contributed by atoms with Gasteiger partial charge in [0.25, 0.3) is 0 Å². The van der Waals surface area contributed by atoms with Gasteiger partial charge in [0.05, 0.1) is 33.7 Å². The first-order valence-electron chi connectivity index (χ1n) is 15.0. The highest BCUT2D eigenvalue weighted by molar-refractivity contribution is 6.43. The van der Waals surface area contributed by atoms with Gasteiger partial charge in [0, 0.05) is 58.2 Å². The Morgan fingerprint density at radius 1 is 1.27 bits per heavy atom. The summed E-state index contributed by atoms with van der Waals surface area (Å²) < 4.78 is 25.0.